The SMILES string of the molecule is Cc1nnc(NCCc2ccn(C)n2)c(C(=O)O)c1C. The third kappa shape index (κ3) is 2.93. The lowest BCUT2D eigenvalue weighted by molar-refractivity contribution is 0.0696. The number of nitrogens with one attached hydrogen (secondary N) is 1. The summed E-state index contributed by atoms with van der Waals surface area (Å²) in [6.45, 7) is 4.03. The number of carbonyl (C=O) groups is 1. The molecule has 0 radical (unpaired) electrons. The lowest BCUT2D eigenvalue weighted by Crippen LogP contribution is -2.15. The van der Waals surface area contributed by atoms with Gasteiger partial charge in [-0.2, -0.15) is 10.2 Å². The molecule has 0 unspecified atom stereocenters. The average molecular weight is 275 g/mol. The Morgan fingerprint density at radius 3 is 2.75 bits per heavy atom. The van der Waals surface area contributed by atoms with Crippen LogP contribution in [0.15, 0.2) is 12.3 Å². The number of carboxylic acids is 1. The molecule has 2 rings (SSSR count). The molecular weight excluding hydrogens is 258 g/mol. The molecule has 0 amide bonds. The number of rotatable bonds is 5. The summed E-state index contributed by atoms with van der Waals surface area (Å²) < 4.78 is 1.73. The van der Waals surface area contributed by atoms with Gasteiger partial charge in [-0.3, -0.25) is 4.68 Å². The number of aromatic nitrogens is 4. The zero-order valence-corrected chi connectivity index (χ0v) is 11.7. The Balaban J connectivity index is 2.09. The third-order valence-electron chi connectivity index (χ3n) is 3.11. The van der Waals surface area contributed by atoms with Crippen LogP contribution in [0.3, 0.4) is 0 Å². The fraction of sp³-hybridized carbons (Fsp3) is 0.385. The highest BCUT2D eigenvalue weighted by molar-refractivity contribution is 5.94. The fourth-order valence-electron chi connectivity index (χ4n) is 1.90. The Morgan fingerprint density at radius 2 is 2.15 bits per heavy atom. The van der Waals surface area contributed by atoms with Gasteiger partial charge in [-0.15, -0.1) is 5.10 Å². The van der Waals surface area contributed by atoms with E-state index in [1.54, 1.807) is 18.5 Å². The molecule has 0 saturated heterocycles. The Bertz CT molecular complexity index is 636. The highest BCUT2D eigenvalue weighted by Crippen LogP contribution is 2.18. The van der Waals surface area contributed by atoms with Crippen LogP contribution < -0.4 is 5.32 Å². The highest BCUT2D eigenvalue weighted by Gasteiger charge is 2.17. The van der Waals surface area contributed by atoms with Crippen molar-refractivity contribution in [2.45, 2.75) is 20.3 Å². The van der Waals surface area contributed by atoms with Crippen LogP contribution in [-0.2, 0) is 13.5 Å². The molecule has 0 aromatic carbocycles. The molecule has 7 heteroatoms. The summed E-state index contributed by atoms with van der Waals surface area (Å²) in [5.74, 6) is -0.697. The van der Waals surface area contributed by atoms with E-state index in [0.29, 0.717) is 30.0 Å². The van der Waals surface area contributed by atoms with E-state index in [0.717, 1.165) is 5.69 Å². The van der Waals surface area contributed by atoms with Crippen molar-refractivity contribution in [3.63, 3.8) is 0 Å². The largest absolute Gasteiger partial charge is 0.478 e. The fourth-order valence-corrected chi connectivity index (χ4v) is 1.90. The first-order valence-electron chi connectivity index (χ1n) is 6.28. The number of aromatic carboxylic acids is 1. The average Bonchev–Trinajstić information content (AvgIpc) is 2.79. The molecule has 0 bridgehead atoms. The third-order valence-corrected chi connectivity index (χ3v) is 3.11. The van der Waals surface area contributed by atoms with Crippen molar-refractivity contribution in [1.82, 2.24) is 20.0 Å². The van der Waals surface area contributed by atoms with Crippen molar-refractivity contribution in [2.24, 2.45) is 7.05 Å². The van der Waals surface area contributed by atoms with Gasteiger partial charge in [-0.25, -0.2) is 4.79 Å². The Hall–Kier alpha value is -2.44. The molecule has 0 saturated carbocycles. The van der Waals surface area contributed by atoms with Crippen LogP contribution in [0.25, 0.3) is 0 Å². The molecule has 0 spiro atoms. The first kappa shape index (κ1) is 14.0. The smallest absolute Gasteiger partial charge is 0.339 e. The topological polar surface area (TPSA) is 92.9 Å². The van der Waals surface area contributed by atoms with Gasteiger partial charge in [0, 0.05) is 26.2 Å². The summed E-state index contributed by atoms with van der Waals surface area (Å²) >= 11 is 0. The second-order valence-corrected chi connectivity index (χ2v) is 4.60. The first-order valence-corrected chi connectivity index (χ1v) is 6.28. The van der Waals surface area contributed by atoms with E-state index in [9.17, 15) is 9.90 Å². The van der Waals surface area contributed by atoms with E-state index >= 15 is 0 Å². The van der Waals surface area contributed by atoms with Crippen molar-refractivity contribution in [3.05, 3.63) is 34.8 Å². The van der Waals surface area contributed by atoms with Gasteiger partial charge in [0.1, 0.15) is 5.56 Å². The van der Waals surface area contributed by atoms with Crippen molar-refractivity contribution in [3.8, 4) is 0 Å². The monoisotopic (exact) mass is 275 g/mol. The van der Waals surface area contributed by atoms with Crippen LogP contribution in [0, 0.1) is 13.8 Å². The molecule has 7 nitrogen and oxygen atoms in total. The van der Waals surface area contributed by atoms with Crippen molar-refractivity contribution in [1.29, 1.82) is 0 Å². The number of nitrogens with zero attached hydrogens (tertiary/aromatic N) is 4. The molecule has 20 heavy (non-hydrogen) atoms. The van der Waals surface area contributed by atoms with Gasteiger partial charge in [0.15, 0.2) is 5.82 Å². The number of hydrogen-bond donors (Lipinski definition) is 2. The van der Waals surface area contributed by atoms with Crippen molar-refractivity contribution >= 4 is 11.8 Å². The molecule has 2 N–H and O–H groups in total. The standard InChI is InChI=1S/C13H17N5O2/c1-8-9(2)15-16-12(11(8)13(19)20)14-6-4-10-5-7-18(3)17-10/h5,7H,4,6H2,1-3H3,(H,14,16)(H,19,20). The van der Waals surface area contributed by atoms with Gasteiger partial charge in [0.25, 0.3) is 0 Å². The van der Waals surface area contributed by atoms with Gasteiger partial charge < -0.3 is 10.4 Å². The van der Waals surface area contributed by atoms with Crippen LogP contribution >= 0.6 is 0 Å². The van der Waals surface area contributed by atoms with Gasteiger partial charge >= 0.3 is 5.97 Å². The minimum atomic E-state index is -0.999. The van der Waals surface area contributed by atoms with Crippen molar-refractivity contribution < 1.29 is 9.90 Å². The Labute approximate surface area is 116 Å². The molecule has 2 aromatic rings. The van der Waals surface area contributed by atoms with Gasteiger partial charge in [0.05, 0.1) is 11.4 Å². The lowest BCUT2D eigenvalue weighted by atomic mass is 10.1. The van der Waals surface area contributed by atoms with Crippen LogP contribution in [0.4, 0.5) is 5.82 Å². The van der Waals surface area contributed by atoms with Crippen LogP contribution in [0.1, 0.15) is 27.3 Å². The predicted molar refractivity (Wildman–Crippen MR) is 73.9 cm³/mol. The minimum absolute atomic E-state index is 0.179. The second kappa shape index (κ2) is 5.68. The molecule has 0 aliphatic rings. The molecule has 106 valence electrons. The molecular formula is C13H17N5O2. The van der Waals surface area contributed by atoms with E-state index in [2.05, 4.69) is 20.6 Å². The summed E-state index contributed by atoms with van der Waals surface area (Å²) in [7, 11) is 1.86. The molecule has 0 atom stereocenters. The van der Waals surface area contributed by atoms with Crippen LogP contribution in [-0.4, -0.2) is 37.6 Å². The van der Waals surface area contributed by atoms with Gasteiger partial charge in [-0.05, 0) is 25.5 Å². The number of carboxylic acid groups (broad SMARTS) is 1. The summed E-state index contributed by atoms with van der Waals surface area (Å²) in [5.41, 5.74) is 2.37. The summed E-state index contributed by atoms with van der Waals surface area (Å²) in [5, 5.41) is 24.4. The van der Waals surface area contributed by atoms with E-state index in [1.165, 1.54) is 0 Å². The number of aryl methyl sites for hydroxylation is 2. The van der Waals surface area contributed by atoms with E-state index in [1.807, 2.05) is 19.3 Å². The summed E-state index contributed by atoms with van der Waals surface area (Å²) in [6.07, 6.45) is 2.56. The van der Waals surface area contributed by atoms with Gasteiger partial charge in [-0.1, -0.05) is 0 Å². The second-order valence-electron chi connectivity index (χ2n) is 4.60. The molecule has 2 heterocycles. The maximum absolute atomic E-state index is 11.3. The maximum atomic E-state index is 11.3. The zero-order chi connectivity index (χ0) is 14.7. The predicted octanol–water partition coefficient (Wildman–Crippen LogP) is 1.18. The molecule has 0 aliphatic carbocycles. The molecule has 2 aromatic heterocycles. The normalized spacial score (nSPS) is 10.6. The quantitative estimate of drug-likeness (QED) is 0.851. The van der Waals surface area contributed by atoms with Crippen molar-refractivity contribution in [2.75, 3.05) is 11.9 Å². The summed E-state index contributed by atoms with van der Waals surface area (Å²) in [4.78, 5) is 11.3. The molecule has 0 aliphatic heterocycles. The first-order chi connectivity index (χ1) is 9.49. The Kier molecular flexibility index (Phi) is 3.97. The summed E-state index contributed by atoms with van der Waals surface area (Å²) in [6, 6.07) is 1.92. The lowest BCUT2D eigenvalue weighted by Gasteiger charge is -2.10. The number of anilines is 1. The van der Waals surface area contributed by atoms with Gasteiger partial charge in [0.2, 0.25) is 0 Å². The van der Waals surface area contributed by atoms with E-state index < -0.39 is 5.97 Å². The maximum Gasteiger partial charge on any atom is 0.339 e. The minimum Gasteiger partial charge on any atom is -0.478 e. The highest BCUT2D eigenvalue weighted by atomic mass is 16.4. The Morgan fingerprint density at radius 1 is 1.40 bits per heavy atom. The van der Waals surface area contributed by atoms with E-state index in [-0.39, 0.29) is 5.56 Å². The number of hydrogen-bond acceptors (Lipinski definition) is 5. The van der Waals surface area contributed by atoms with Crippen LogP contribution in [0.5, 0.6) is 0 Å². The zero-order valence-electron chi connectivity index (χ0n) is 11.7. The van der Waals surface area contributed by atoms with Crippen LogP contribution in [0.2, 0.25) is 0 Å². The van der Waals surface area contributed by atoms with E-state index in [4.69, 9.17) is 0 Å². The molecule has 0 fully saturated rings.